The predicted octanol–water partition coefficient (Wildman–Crippen LogP) is 5.20. The SMILES string of the molecule is O=C(O)[C@@H]1CCCN(CCCC2Sc3ccccc3Oc3ccccc32)C1. The molecule has 0 bridgehead atoms. The number of hydrogen-bond acceptors (Lipinski definition) is 4. The minimum atomic E-state index is -0.651. The Morgan fingerprint density at radius 3 is 2.78 bits per heavy atom. The van der Waals surface area contributed by atoms with Gasteiger partial charge in [0.05, 0.1) is 10.8 Å². The highest BCUT2D eigenvalue weighted by molar-refractivity contribution is 7.99. The van der Waals surface area contributed by atoms with E-state index in [0.29, 0.717) is 11.8 Å². The summed E-state index contributed by atoms with van der Waals surface area (Å²) >= 11 is 1.87. The van der Waals surface area contributed by atoms with Crippen molar-refractivity contribution in [3.05, 3.63) is 54.1 Å². The van der Waals surface area contributed by atoms with Crippen molar-refractivity contribution >= 4 is 17.7 Å². The lowest BCUT2D eigenvalue weighted by atomic mass is 9.98. The van der Waals surface area contributed by atoms with E-state index in [0.717, 1.165) is 50.3 Å². The van der Waals surface area contributed by atoms with Crippen molar-refractivity contribution in [2.75, 3.05) is 19.6 Å². The number of aliphatic carboxylic acids is 1. The lowest BCUT2D eigenvalue weighted by molar-refractivity contribution is -0.143. The van der Waals surface area contributed by atoms with Crippen LogP contribution in [0.1, 0.15) is 36.5 Å². The highest BCUT2D eigenvalue weighted by Gasteiger charge is 2.26. The maximum atomic E-state index is 11.3. The van der Waals surface area contributed by atoms with E-state index in [2.05, 4.69) is 29.2 Å². The fourth-order valence-electron chi connectivity index (χ4n) is 3.98. The van der Waals surface area contributed by atoms with Gasteiger partial charge in [0.2, 0.25) is 0 Å². The standard InChI is InChI=1S/C22H25NO3S/c24-22(25)16-7-5-13-23(15-16)14-6-12-20-17-8-1-2-9-18(17)26-19-10-3-4-11-21(19)27-20/h1-4,8-11,16,20H,5-7,12-15H2,(H,24,25)/t16-,20?/m1/s1. The molecule has 2 aliphatic rings. The van der Waals surface area contributed by atoms with Crippen LogP contribution in [-0.4, -0.2) is 35.6 Å². The van der Waals surface area contributed by atoms with Crippen molar-refractivity contribution in [3.63, 3.8) is 0 Å². The zero-order chi connectivity index (χ0) is 18.6. The molecule has 0 amide bonds. The number of hydrogen-bond donors (Lipinski definition) is 1. The number of carbonyl (C=O) groups is 1. The van der Waals surface area contributed by atoms with Crippen molar-refractivity contribution < 1.29 is 14.6 Å². The minimum Gasteiger partial charge on any atom is -0.481 e. The van der Waals surface area contributed by atoms with Crippen LogP contribution in [0.2, 0.25) is 0 Å². The zero-order valence-electron chi connectivity index (χ0n) is 15.3. The van der Waals surface area contributed by atoms with E-state index in [4.69, 9.17) is 4.74 Å². The van der Waals surface area contributed by atoms with Crippen molar-refractivity contribution in [2.45, 2.75) is 35.8 Å². The summed E-state index contributed by atoms with van der Waals surface area (Å²) in [5.74, 6) is 1.02. The summed E-state index contributed by atoms with van der Waals surface area (Å²) < 4.78 is 6.17. The molecular formula is C22H25NO3S. The maximum absolute atomic E-state index is 11.3. The molecule has 2 heterocycles. The summed E-state index contributed by atoms with van der Waals surface area (Å²) in [5, 5.41) is 9.63. The Morgan fingerprint density at radius 1 is 1.15 bits per heavy atom. The Kier molecular flexibility index (Phi) is 5.69. The topological polar surface area (TPSA) is 49.8 Å². The Labute approximate surface area is 164 Å². The lowest BCUT2D eigenvalue weighted by Gasteiger charge is -2.30. The van der Waals surface area contributed by atoms with Crippen LogP contribution in [0, 0.1) is 5.92 Å². The van der Waals surface area contributed by atoms with Crippen LogP contribution in [0.5, 0.6) is 11.5 Å². The van der Waals surface area contributed by atoms with Gasteiger partial charge in [0.25, 0.3) is 0 Å². The van der Waals surface area contributed by atoms with E-state index in [1.165, 1.54) is 10.5 Å². The summed E-state index contributed by atoms with van der Waals surface area (Å²) in [6.45, 7) is 2.67. The van der Waals surface area contributed by atoms with Gasteiger partial charge in [-0.15, -0.1) is 11.8 Å². The molecule has 2 aromatic carbocycles. The van der Waals surface area contributed by atoms with Crippen molar-refractivity contribution in [1.29, 1.82) is 0 Å². The van der Waals surface area contributed by atoms with Gasteiger partial charge in [-0.2, -0.15) is 0 Å². The molecule has 4 nitrogen and oxygen atoms in total. The van der Waals surface area contributed by atoms with Gasteiger partial charge in [-0.05, 0) is 57.0 Å². The van der Waals surface area contributed by atoms with Crippen molar-refractivity contribution in [1.82, 2.24) is 4.90 Å². The molecule has 142 valence electrons. The Bertz CT molecular complexity index is 810. The van der Waals surface area contributed by atoms with Crippen molar-refractivity contribution in [3.8, 4) is 11.5 Å². The molecule has 0 aliphatic carbocycles. The number of rotatable bonds is 5. The molecule has 1 N–H and O–H groups in total. The lowest BCUT2D eigenvalue weighted by Crippen LogP contribution is -2.39. The fourth-order valence-corrected chi connectivity index (χ4v) is 5.28. The summed E-state index contributed by atoms with van der Waals surface area (Å²) in [7, 11) is 0. The third-order valence-corrected chi connectivity index (χ3v) is 6.76. The number of likely N-dealkylation sites (tertiary alicyclic amines) is 1. The number of carboxylic acid groups (broad SMARTS) is 1. The van der Waals surface area contributed by atoms with E-state index in [1.54, 1.807) is 0 Å². The monoisotopic (exact) mass is 383 g/mol. The van der Waals surface area contributed by atoms with Crippen LogP contribution >= 0.6 is 11.8 Å². The molecule has 1 fully saturated rings. The van der Waals surface area contributed by atoms with Crippen LogP contribution in [-0.2, 0) is 4.79 Å². The van der Waals surface area contributed by atoms with Crippen LogP contribution in [0.4, 0.5) is 0 Å². The molecular weight excluding hydrogens is 358 g/mol. The molecule has 27 heavy (non-hydrogen) atoms. The van der Waals surface area contributed by atoms with Gasteiger partial charge in [-0.1, -0.05) is 30.3 Å². The summed E-state index contributed by atoms with van der Waals surface area (Å²) in [4.78, 5) is 14.8. The minimum absolute atomic E-state index is 0.202. The molecule has 2 aliphatic heterocycles. The molecule has 0 spiro atoms. The van der Waals surface area contributed by atoms with Gasteiger partial charge >= 0.3 is 5.97 Å². The number of fused-ring (bicyclic) bond motifs is 2. The first kappa shape index (κ1) is 18.4. The van der Waals surface area contributed by atoms with Crippen LogP contribution in [0.25, 0.3) is 0 Å². The van der Waals surface area contributed by atoms with E-state index in [9.17, 15) is 9.90 Å². The third kappa shape index (κ3) is 4.30. The molecule has 4 rings (SSSR count). The zero-order valence-corrected chi connectivity index (χ0v) is 16.2. The van der Waals surface area contributed by atoms with E-state index in [-0.39, 0.29) is 5.92 Å². The Hall–Kier alpha value is -1.98. The first-order chi connectivity index (χ1) is 13.2. The third-order valence-electron chi connectivity index (χ3n) is 5.40. The van der Waals surface area contributed by atoms with Gasteiger partial charge in [-0.25, -0.2) is 0 Å². The number of benzene rings is 2. The Morgan fingerprint density at radius 2 is 1.93 bits per heavy atom. The first-order valence-corrected chi connectivity index (χ1v) is 10.6. The van der Waals surface area contributed by atoms with Crippen molar-refractivity contribution in [2.24, 2.45) is 5.92 Å². The highest BCUT2D eigenvalue weighted by atomic mass is 32.2. The average Bonchev–Trinajstić information content (AvgIpc) is 2.85. The fraction of sp³-hybridized carbons (Fsp3) is 0.409. The molecule has 1 saturated heterocycles. The molecule has 0 saturated carbocycles. The van der Waals surface area contributed by atoms with Gasteiger partial charge in [0.15, 0.2) is 0 Å². The second kappa shape index (κ2) is 8.36. The molecule has 0 radical (unpaired) electrons. The number of nitrogens with zero attached hydrogens (tertiary/aromatic N) is 1. The number of piperidine rings is 1. The van der Waals surface area contributed by atoms with Crippen LogP contribution < -0.4 is 4.74 Å². The number of para-hydroxylation sites is 2. The van der Waals surface area contributed by atoms with Gasteiger partial charge in [-0.3, -0.25) is 4.79 Å². The predicted molar refractivity (Wildman–Crippen MR) is 108 cm³/mol. The van der Waals surface area contributed by atoms with Gasteiger partial charge in [0, 0.05) is 17.4 Å². The summed E-state index contributed by atoms with van der Waals surface area (Å²) in [5.41, 5.74) is 1.25. The summed E-state index contributed by atoms with van der Waals surface area (Å²) in [6.07, 6.45) is 3.90. The molecule has 0 aromatic heterocycles. The molecule has 2 atom stereocenters. The average molecular weight is 384 g/mol. The molecule has 1 unspecified atom stereocenters. The smallest absolute Gasteiger partial charge is 0.307 e. The van der Waals surface area contributed by atoms with E-state index < -0.39 is 5.97 Å². The molecule has 2 aromatic rings. The summed E-state index contributed by atoms with van der Waals surface area (Å²) in [6, 6.07) is 16.5. The second-order valence-electron chi connectivity index (χ2n) is 7.31. The van der Waals surface area contributed by atoms with Crippen LogP contribution in [0.15, 0.2) is 53.4 Å². The largest absolute Gasteiger partial charge is 0.481 e. The highest BCUT2D eigenvalue weighted by Crippen LogP contribution is 2.49. The Balaban J connectivity index is 1.43. The maximum Gasteiger partial charge on any atom is 0.307 e. The van der Waals surface area contributed by atoms with Gasteiger partial charge < -0.3 is 14.7 Å². The van der Waals surface area contributed by atoms with Crippen LogP contribution in [0.3, 0.4) is 0 Å². The molecule has 5 heteroatoms. The number of carboxylic acids is 1. The number of thioether (sulfide) groups is 1. The normalized spacial score (nSPS) is 22.2. The second-order valence-corrected chi connectivity index (χ2v) is 8.56. The number of ether oxygens (including phenoxy) is 1. The van der Waals surface area contributed by atoms with E-state index in [1.807, 2.05) is 36.0 Å². The first-order valence-electron chi connectivity index (χ1n) is 9.68. The quantitative estimate of drug-likeness (QED) is 0.769. The van der Waals surface area contributed by atoms with Gasteiger partial charge in [0.1, 0.15) is 11.5 Å². The van der Waals surface area contributed by atoms with E-state index >= 15 is 0 Å².